The second kappa shape index (κ2) is 4.85. The van der Waals surface area contributed by atoms with Crippen LogP contribution in [0.1, 0.15) is 31.4 Å². The van der Waals surface area contributed by atoms with Gasteiger partial charge in [-0.15, -0.1) is 0 Å². The van der Waals surface area contributed by atoms with Gasteiger partial charge in [-0.25, -0.2) is 0 Å². The van der Waals surface area contributed by atoms with Crippen molar-refractivity contribution in [1.82, 2.24) is 0 Å². The summed E-state index contributed by atoms with van der Waals surface area (Å²) < 4.78 is 0. The van der Waals surface area contributed by atoms with Crippen LogP contribution in [0.2, 0.25) is 0 Å². The first-order chi connectivity index (χ1) is 6.63. The Morgan fingerprint density at radius 2 is 2.21 bits per heavy atom. The maximum absolute atomic E-state index is 9.25. The van der Waals surface area contributed by atoms with Crippen molar-refractivity contribution in [2.75, 3.05) is 0 Å². The molecule has 0 fully saturated rings. The summed E-state index contributed by atoms with van der Waals surface area (Å²) in [4.78, 5) is 0. The highest BCUT2D eigenvalue weighted by atomic mass is 16.3. The topological polar surface area (TPSA) is 20.2 Å². The molecule has 1 rings (SSSR count). The summed E-state index contributed by atoms with van der Waals surface area (Å²) in [5, 5.41) is 9.25. The van der Waals surface area contributed by atoms with Gasteiger partial charge in [0, 0.05) is 5.56 Å². The van der Waals surface area contributed by atoms with E-state index in [2.05, 4.69) is 26.5 Å². The van der Waals surface area contributed by atoms with E-state index < -0.39 is 0 Å². The molecule has 0 saturated carbocycles. The van der Waals surface area contributed by atoms with Gasteiger partial charge in [-0.2, -0.15) is 0 Å². The molecule has 0 aliphatic carbocycles. The quantitative estimate of drug-likeness (QED) is 0.716. The molecule has 1 heteroatoms. The standard InChI is InChI=1S/C13H18O/c1-4-10(2)8-12-6-5-7-13(9-12)11(3)14/h5-7,9-10,14H,3-4,8H2,1-2H3. The van der Waals surface area contributed by atoms with E-state index >= 15 is 0 Å². The van der Waals surface area contributed by atoms with Gasteiger partial charge in [-0.05, 0) is 24.0 Å². The van der Waals surface area contributed by atoms with E-state index in [1.807, 2.05) is 18.2 Å². The second-order valence-electron chi connectivity index (χ2n) is 3.86. The van der Waals surface area contributed by atoms with Crippen LogP contribution >= 0.6 is 0 Å². The molecule has 0 heterocycles. The first kappa shape index (κ1) is 10.8. The minimum absolute atomic E-state index is 0.149. The summed E-state index contributed by atoms with van der Waals surface area (Å²) in [5.41, 5.74) is 2.10. The molecule has 0 aliphatic rings. The Bertz CT molecular complexity index is 315. The van der Waals surface area contributed by atoms with Crippen LogP contribution < -0.4 is 0 Å². The van der Waals surface area contributed by atoms with Crippen LogP contribution in [0.25, 0.3) is 5.76 Å². The van der Waals surface area contributed by atoms with Crippen molar-refractivity contribution >= 4 is 5.76 Å². The van der Waals surface area contributed by atoms with Crippen LogP contribution in [0.5, 0.6) is 0 Å². The Morgan fingerprint density at radius 3 is 2.79 bits per heavy atom. The van der Waals surface area contributed by atoms with Gasteiger partial charge < -0.3 is 5.11 Å². The third-order valence-corrected chi connectivity index (χ3v) is 2.54. The number of benzene rings is 1. The number of hydrogen-bond acceptors (Lipinski definition) is 1. The van der Waals surface area contributed by atoms with Crippen LogP contribution in [-0.2, 0) is 6.42 Å². The summed E-state index contributed by atoms with van der Waals surface area (Å²) >= 11 is 0. The molecule has 1 aromatic rings. The van der Waals surface area contributed by atoms with Gasteiger partial charge in [0.25, 0.3) is 0 Å². The molecule has 0 aliphatic heterocycles. The highest BCUT2D eigenvalue weighted by Crippen LogP contribution is 2.16. The van der Waals surface area contributed by atoms with E-state index in [1.165, 1.54) is 12.0 Å². The molecular formula is C13H18O. The minimum Gasteiger partial charge on any atom is -0.508 e. The molecule has 76 valence electrons. The highest BCUT2D eigenvalue weighted by molar-refractivity contribution is 5.56. The average Bonchev–Trinajstić information content (AvgIpc) is 2.18. The fraction of sp³-hybridized carbons (Fsp3) is 0.385. The zero-order valence-corrected chi connectivity index (χ0v) is 8.96. The van der Waals surface area contributed by atoms with Crippen molar-refractivity contribution in [1.29, 1.82) is 0 Å². The van der Waals surface area contributed by atoms with Gasteiger partial charge in [-0.3, -0.25) is 0 Å². The SMILES string of the molecule is C=C(O)c1cccc(CC(C)CC)c1. The van der Waals surface area contributed by atoms with Gasteiger partial charge in [0.1, 0.15) is 5.76 Å². The largest absolute Gasteiger partial charge is 0.508 e. The second-order valence-corrected chi connectivity index (χ2v) is 3.86. The minimum atomic E-state index is 0.149. The molecule has 0 bridgehead atoms. The predicted molar refractivity (Wildman–Crippen MR) is 61.3 cm³/mol. The Hall–Kier alpha value is -1.24. The first-order valence-corrected chi connectivity index (χ1v) is 5.10. The molecule has 1 atom stereocenters. The van der Waals surface area contributed by atoms with Crippen molar-refractivity contribution in [3.8, 4) is 0 Å². The van der Waals surface area contributed by atoms with Gasteiger partial charge in [0.15, 0.2) is 0 Å². The van der Waals surface area contributed by atoms with Crippen LogP contribution in [0.4, 0.5) is 0 Å². The molecule has 0 radical (unpaired) electrons. The van der Waals surface area contributed by atoms with Gasteiger partial charge in [0.2, 0.25) is 0 Å². The lowest BCUT2D eigenvalue weighted by Gasteiger charge is -2.09. The van der Waals surface area contributed by atoms with Crippen LogP contribution in [0.15, 0.2) is 30.8 Å². The molecule has 0 saturated heterocycles. The van der Waals surface area contributed by atoms with E-state index in [1.54, 1.807) is 0 Å². The van der Waals surface area contributed by atoms with E-state index in [0.717, 1.165) is 12.0 Å². The Kier molecular flexibility index (Phi) is 3.75. The zero-order valence-electron chi connectivity index (χ0n) is 8.96. The normalized spacial score (nSPS) is 12.4. The molecular weight excluding hydrogens is 172 g/mol. The Morgan fingerprint density at radius 1 is 1.50 bits per heavy atom. The van der Waals surface area contributed by atoms with Crippen LogP contribution in [-0.4, -0.2) is 5.11 Å². The van der Waals surface area contributed by atoms with Crippen LogP contribution in [0, 0.1) is 5.92 Å². The maximum Gasteiger partial charge on any atom is 0.115 e. The molecule has 0 aromatic heterocycles. The summed E-state index contributed by atoms with van der Waals surface area (Å²) in [7, 11) is 0. The third kappa shape index (κ3) is 2.91. The summed E-state index contributed by atoms with van der Waals surface area (Å²) in [6.07, 6.45) is 2.25. The molecule has 1 aromatic carbocycles. The maximum atomic E-state index is 9.25. The van der Waals surface area contributed by atoms with E-state index in [0.29, 0.717) is 5.92 Å². The van der Waals surface area contributed by atoms with Crippen molar-refractivity contribution in [3.63, 3.8) is 0 Å². The third-order valence-electron chi connectivity index (χ3n) is 2.54. The van der Waals surface area contributed by atoms with Gasteiger partial charge in [-0.1, -0.05) is 45.0 Å². The summed E-state index contributed by atoms with van der Waals surface area (Å²) in [6.45, 7) is 7.95. The van der Waals surface area contributed by atoms with E-state index in [-0.39, 0.29) is 5.76 Å². The van der Waals surface area contributed by atoms with Crippen LogP contribution in [0.3, 0.4) is 0 Å². The van der Waals surface area contributed by atoms with Crippen molar-refractivity contribution < 1.29 is 5.11 Å². The lowest BCUT2D eigenvalue weighted by molar-refractivity contribution is 0.513. The molecule has 0 amide bonds. The predicted octanol–water partition coefficient (Wildman–Crippen LogP) is 3.80. The fourth-order valence-electron chi connectivity index (χ4n) is 1.42. The summed E-state index contributed by atoms with van der Waals surface area (Å²) in [5.74, 6) is 0.841. The van der Waals surface area contributed by atoms with Crippen molar-refractivity contribution in [2.45, 2.75) is 26.7 Å². The highest BCUT2D eigenvalue weighted by Gasteiger charge is 2.02. The Balaban J connectivity index is 2.78. The average molecular weight is 190 g/mol. The molecule has 1 unspecified atom stereocenters. The number of aliphatic hydroxyl groups is 1. The smallest absolute Gasteiger partial charge is 0.115 e. The molecule has 1 nitrogen and oxygen atoms in total. The Labute approximate surface area is 86.1 Å². The number of aliphatic hydroxyl groups excluding tert-OH is 1. The monoisotopic (exact) mass is 190 g/mol. The van der Waals surface area contributed by atoms with E-state index in [9.17, 15) is 5.11 Å². The molecule has 1 N–H and O–H groups in total. The number of hydrogen-bond donors (Lipinski definition) is 1. The fourth-order valence-corrected chi connectivity index (χ4v) is 1.42. The molecule has 0 spiro atoms. The lowest BCUT2D eigenvalue weighted by atomic mass is 9.97. The molecule has 14 heavy (non-hydrogen) atoms. The number of rotatable bonds is 4. The van der Waals surface area contributed by atoms with Crippen molar-refractivity contribution in [2.24, 2.45) is 5.92 Å². The van der Waals surface area contributed by atoms with Gasteiger partial charge >= 0.3 is 0 Å². The first-order valence-electron chi connectivity index (χ1n) is 5.10. The summed E-state index contributed by atoms with van der Waals surface area (Å²) in [6, 6.07) is 7.95. The van der Waals surface area contributed by atoms with Crippen molar-refractivity contribution in [3.05, 3.63) is 42.0 Å². The zero-order chi connectivity index (χ0) is 10.6. The van der Waals surface area contributed by atoms with E-state index in [4.69, 9.17) is 0 Å². The van der Waals surface area contributed by atoms with Gasteiger partial charge in [0.05, 0.1) is 0 Å². The lowest BCUT2D eigenvalue weighted by Crippen LogP contribution is -1.98.